The Morgan fingerprint density at radius 3 is 2.93 bits per heavy atom. The quantitative estimate of drug-likeness (QED) is 0.439. The molecule has 0 spiro atoms. The van der Waals surface area contributed by atoms with Crippen molar-refractivity contribution in [3.8, 4) is 17.0 Å². The summed E-state index contributed by atoms with van der Waals surface area (Å²) in [4.78, 5) is 24.5. The van der Waals surface area contributed by atoms with Crippen molar-refractivity contribution in [2.75, 3.05) is 13.2 Å². The van der Waals surface area contributed by atoms with Gasteiger partial charge in [0.05, 0.1) is 17.8 Å². The van der Waals surface area contributed by atoms with Gasteiger partial charge in [-0.15, -0.1) is 10.2 Å². The standard InChI is InChI=1S/C22H22N6O2/c1-2-30-20-12-18(16-5-3-9-23-13-16)27-19-11-15(7-8-17(19)20)22(29)24-10-4-6-21-25-14-26-28-21/h3,5,7-9,11-14H,2,4,6,10H2,1H3,(H,24,29)(H,25,26,28). The van der Waals surface area contributed by atoms with Gasteiger partial charge in [-0.25, -0.2) is 4.98 Å². The number of aromatic nitrogens is 5. The minimum atomic E-state index is -0.138. The van der Waals surface area contributed by atoms with Gasteiger partial charge in [-0.1, -0.05) is 0 Å². The smallest absolute Gasteiger partial charge is 0.251 e. The fourth-order valence-corrected chi connectivity index (χ4v) is 3.19. The van der Waals surface area contributed by atoms with Crippen LogP contribution in [0.1, 0.15) is 29.5 Å². The molecule has 0 saturated carbocycles. The number of ether oxygens (including phenoxy) is 1. The maximum absolute atomic E-state index is 12.6. The number of hydrogen-bond donors (Lipinski definition) is 2. The van der Waals surface area contributed by atoms with E-state index in [0.29, 0.717) is 24.2 Å². The van der Waals surface area contributed by atoms with E-state index in [2.05, 4.69) is 25.5 Å². The molecule has 0 aliphatic carbocycles. The minimum absolute atomic E-state index is 0.138. The second-order valence-corrected chi connectivity index (χ2v) is 6.71. The minimum Gasteiger partial charge on any atom is -0.493 e. The molecule has 3 heterocycles. The highest BCUT2D eigenvalue weighted by molar-refractivity contribution is 5.99. The molecule has 3 aromatic heterocycles. The molecule has 8 heteroatoms. The topological polar surface area (TPSA) is 106 Å². The Bertz CT molecular complexity index is 1130. The number of rotatable bonds is 8. The van der Waals surface area contributed by atoms with Crippen LogP contribution in [0, 0.1) is 0 Å². The first kappa shape index (κ1) is 19.5. The number of carbonyl (C=O) groups excluding carboxylic acids is 1. The third kappa shape index (κ3) is 4.43. The van der Waals surface area contributed by atoms with E-state index in [1.165, 1.54) is 0 Å². The van der Waals surface area contributed by atoms with E-state index in [1.54, 1.807) is 30.9 Å². The van der Waals surface area contributed by atoms with E-state index in [4.69, 9.17) is 9.72 Å². The number of H-pyrrole nitrogens is 1. The summed E-state index contributed by atoms with van der Waals surface area (Å²) in [5.41, 5.74) is 2.90. The number of hydrogen-bond acceptors (Lipinski definition) is 6. The van der Waals surface area contributed by atoms with Crippen LogP contribution in [0.4, 0.5) is 0 Å². The largest absolute Gasteiger partial charge is 0.493 e. The van der Waals surface area contributed by atoms with E-state index >= 15 is 0 Å². The number of carbonyl (C=O) groups is 1. The highest BCUT2D eigenvalue weighted by Crippen LogP contribution is 2.30. The zero-order valence-electron chi connectivity index (χ0n) is 16.6. The summed E-state index contributed by atoms with van der Waals surface area (Å²) in [5.74, 6) is 1.41. The molecule has 0 bridgehead atoms. The third-order valence-corrected chi connectivity index (χ3v) is 4.63. The fourth-order valence-electron chi connectivity index (χ4n) is 3.19. The van der Waals surface area contributed by atoms with Gasteiger partial charge in [-0.05, 0) is 43.7 Å². The number of pyridine rings is 2. The van der Waals surface area contributed by atoms with Gasteiger partial charge in [-0.3, -0.25) is 9.78 Å². The zero-order chi connectivity index (χ0) is 20.8. The summed E-state index contributed by atoms with van der Waals surface area (Å²) in [6.07, 6.45) is 6.53. The Hall–Kier alpha value is -3.81. The molecule has 0 atom stereocenters. The van der Waals surface area contributed by atoms with Crippen LogP contribution in [0.3, 0.4) is 0 Å². The number of amides is 1. The molecule has 152 valence electrons. The fraction of sp³-hybridized carbons (Fsp3) is 0.227. The lowest BCUT2D eigenvalue weighted by Crippen LogP contribution is -2.24. The maximum atomic E-state index is 12.6. The van der Waals surface area contributed by atoms with E-state index < -0.39 is 0 Å². The van der Waals surface area contributed by atoms with Crippen molar-refractivity contribution in [3.05, 3.63) is 66.5 Å². The molecule has 0 unspecified atom stereocenters. The first-order chi connectivity index (χ1) is 14.7. The van der Waals surface area contributed by atoms with Crippen molar-refractivity contribution in [2.45, 2.75) is 19.8 Å². The van der Waals surface area contributed by atoms with Crippen molar-refractivity contribution in [3.63, 3.8) is 0 Å². The van der Waals surface area contributed by atoms with E-state index in [9.17, 15) is 4.79 Å². The molecule has 1 amide bonds. The van der Waals surface area contributed by atoms with E-state index in [0.717, 1.165) is 41.1 Å². The molecule has 0 saturated heterocycles. The number of nitrogens with zero attached hydrogens (tertiary/aromatic N) is 4. The number of fused-ring (bicyclic) bond motifs is 1. The molecular formula is C22H22N6O2. The molecule has 1 aromatic carbocycles. The van der Waals surface area contributed by atoms with Gasteiger partial charge >= 0.3 is 0 Å². The van der Waals surface area contributed by atoms with Crippen molar-refractivity contribution in [1.29, 1.82) is 0 Å². The number of aryl methyl sites for hydroxylation is 1. The molecule has 0 aliphatic rings. The number of aromatic amines is 1. The Labute approximate surface area is 173 Å². The van der Waals surface area contributed by atoms with E-state index in [1.807, 2.05) is 31.2 Å². The number of nitrogens with one attached hydrogen (secondary N) is 2. The molecular weight excluding hydrogens is 380 g/mol. The van der Waals surface area contributed by atoms with Crippen LogP contribution >= 0.6 is 0 Å². The monoisotopic (exact) mass is 402 g/mol. The summed E-state index contributed by atoms with van der Waals surface area (Å²) in [5, 5.41) is 11.5. The van der Waals surface area contributed by atoms with Crippen molar-refractivity contribution in [2.24, 2.45) is 0 Å². The van der Waals surface area contributed by atoms with Crippen LogP contribution in [0.2, 0.25) is 0 Å². The van der Waals surface area contributed by atoms with Crippen LogP contribution in [-0.2, 0) is 6.42 Å². The Morgan fingerprint density at radius 1 is 1.23 bits per heavy atom. The van der Waals surface area contributed by atoms with Crippen molar-refractivity contribution in [1.82, 2.24) is 30.5 Å². The highest BCUT2D eigenvalue weighted by atomic mass is 16.5. The summed E-state index contributed by atoms with van der Waals surface area (Å²) >= 11 is 0. The Morgan fingerprint density at radius 2 is 2.17 bits per heavy atom. The molecule has 0 aliphatic heterocycles. The summed E-state index contributed by atoms with van der Waals surface area (Å²) in [7, 11) is 0. The van der Waals surface area contributed by atoms with Gasteiger partial charge in [0.2, 0.25) is 0 Å². The van der Waals surface area contributed by atoms with Crippen LogP contribution < -0.4 is 10.1 Å². The van der Waals surface area contributed by atoms with Gasteiger partial charge in [0.1, 0.15) is 17.9 Å². The molecule has 4 aromatic rings. The lowest BCUT2D eigenvalue weighted by molar-refractivity contribution is 0.0953. The van der Waals surface area contributed by atoms with Gasteiger partial charge in [0, 0.05) is 47.9 Å². The highest BCUT2D eigenvalue weighted by Gasteiger charge is 2.12. The maximum Gasteiger partial charge on any atom is 0.251 e. The predicted molar refractivity (Wildman–Crippen MR) is 113 cm³/mol. The number of benzene rings is 1. The second-order valence-electron chi connectivity index (χ2n) is 6.71. The third-order valence-electron chi connectivity index (χ3n) is 4.63. The van der Waals surface area contributed by atoms with Gasteiger partial charge in [0.15, 0.2) is 0 Å². The Balaban J connectivity index is 1.55. The lowest BCUT2D eigenvalue weighted by Gasteiger charge is -2.11. The molecule has 8 nitrogen and oxygen atoms in total. The van der Waals surface area contributed by atoms with Crippen LogP contribution in [-0.4, -0.2) is 44.2 Å². The molecule has 2 N–H and O–H groups in total. The average molecular weight is 402 g/mol. The summed E-state index contributed by atoms with van der Waals surface area (Å²) < 4.78 is 5.82. The SMILES string of the molecule is CCOc1cc(-c2cccnc2)nc2cc(C(=O)NCCCc3nnc[nH]3)ccc12. The van der Waals surface area contributed by atoms with Crippen LogP contribution in [0.5, 0.6) is 5.75 Å². The van der Waals surface area contributed by atoms with Crippen LogP contribution in [0.15, 0.2) is 55.1 Å². The van der Waals surface area contributed by atoms with Crippen LogP contribution in [0.25, 0.3) is 22.2 Å². The molecule has 0 fully saturated rings. The summed E-state index contributed by atoms with van der Waals surface area (Å²) in [6.45, 7) is 3.03. The van der Waals surface area contributed by atoms with E-state index in [-0.39, 0.29) is 5.91 Å². The van der Waals surface area contributed by atoms with Crippen molar-refractivity contribution >= 4 is 16.8 Å². The normalized spacial score (nSPS) is 10.8. The Kier molecular flexibility index (Phi) is 5.93. The molecule has 0 radical (unpaired) electrons. The molecule has 30 heavy (non-hydrogen) atoms. The summed E-state index contributed by atoms with van der Waals surface area (Å²) in [6, 6.07) is 11.2. The van der Waals surface area contributed by atoms with Gasteiger partial charge < -0.3 is 15.0 Å². The second kappa shape index (κ2) is 9.13. The predicted octanol–water partition coefficient (Wildman–Crippen LogP) is 3.18. The average Bonchev–Trinajstić information content (AvgIpc) is 3.30. The first-order valence-corrected chi connectivity index (χ1v) is 9.85. The zero-order valence-corrected chi connectivity index (χ0v) is 16.6. The first-order valence-electron chi connectivity index (χ1n) is 9.85. The van der Waals surface area contributed by atoms with Crippen molar-refractivity contribution < 1.29 is 9.53 Å². The van der Waals surface area contributed by atoms with Gasteiger partial charge in [-0.2, -0.15) is 0 Å². The lowest BCUT2D eigenvalue weighted by atomic mass is 10.1. The molecule has 4 rings (SSSR count). The van der Waals surface area contributed by atoms with Gasteiger partial charge in [0.25, 0.3) is 5.91 Å².